The van der Waals surface area contributed by atoms with Crippen molar-refractivity contribution < 1.29 is 13.9 Å². The molecule has 0 aliphatic carbocycles. The van der Waals surface area contributed by atoms with Crippen molar-refractivity contribution in [1.82, 2.24) is 9.55 Å². The monoisotopic (exact) mass is 532 g/mol. The number of pyridine rings is 1. The summed E-state index contributed by atoms with van der Waals surface area (Å²) < 4.78 is 29.1. The average Bonchev–Trinajstić information content (AvgIpc) is 2.89. The van der Waals surface area contributed by atoms with Gasteiger partial charge in [0.05, 0.1) is 23.9 Å². The van der Waals surface area contributed by atoms with Gasteiger partial charge in [0.1, 0.15) is 23.5 Å². The second kappa shape index (κ2) is 8.69. The Kier molecular flexibility index (Phi) is 6.68. The van der Waals surface area contributed by atoms with Crippen molar-refractivity contribution in [3.63, 3.8) is 0 Å². The van der Waals surface area contributed by atoms with Crippen LogP contribution < -0.4 is 4.74 Å². The summed E-state index contributed by atoms with van der Waals surface area (Å²) in [7, 11) is 0.342. The van der Waals surface area contributed by atoms with Crippen molar-refractivity contribution >= 4 is 53.2 Å². The zero-order valence-electron chi connectivity index (χ0n) is 16.4. The van der Waals surface area contributed by atoms with Crippen LogP contribution in [0.2, 0.25) is 30.8 Å². The Morgan fingerprint density at radius 1 is 1.29 bits per heavy atom. The van der Waals surface area contributed by atoms with E-state index >= 15 is 0 Å². The first-order valence-corrected chi connectivity index (χ1v) is 14.1. The smallest absolute Gasteiger partial charge is 0.136 e. The van der Waals surface area contributed by atoms with Crippen molar-refractivity contribution in [3.05, 3.63) is 45.0 Å². The highest BCUT2D eigenvalue weighted by Gasteiger charge is 2.23. The lowest BCUT2D eigenvalue weighted by Gasteiger charge is -2.18. The zero-order chi connectivity index (χ0) is 20.5. The summed E-state index contributed by atoms with van der Waals surface area (Å²) in [6, 6.07) is 7.68. The molecule has 0 aliphatic heterocycles. The summed E-state index contributed by atoms with van der Waals surface area (Å²) in [4.78, 5) is 4.20. The molecule has 0 saturated heterocycles. The van der Waals surface area contributed by atoms with Crippen molar-refractivity contribution in [2.45, 2.75) is 32.4 Å². The minimum Gasteiger partial charge on any atom is -0.496 e. The Morgan fingerprint density at radius 2 is 2.04 bits per heavy atom. The maximum absolute atomic E-state index is 14.9. The Morgan fingerprint density at radius 3 is 2.71 bits per heavy atom. The molecule has 0 aliphatic rings. The van der Waals surface area contributed by atoms with Crippen molar-refractivity contribution in [3.8, 4) is 17.0 Å². The number of hydrogen-bond acceptors (Lipinski definition) is 3. The van der Waals surface area contributed by atoms with Crippen LogP contribution in [0, 0.1) is 9.39 Å². The van der Waals surface area contributed by atoms with E-state index in [1.54, 1.807) is 31.5 Å². The van der Waals surface area contributed by atoms with Crippen LogP contribution in [0.25, 0.3) is 22.2 Å². The normalized spacial score (nSPS) is 12.0. The van der Waals surface area contributed by atoms with Gasteiger partial charge in [0.25, 0.3) is 0 Å². The van der Waals surface area contributed by atoms with Crippen LogP contribution in [-0.4, -0.2) is 31.3 Å². The molecule has 0 unspecified atom stereocenters. The van der Waals surface area contributed by atoms with E-state index in [-0.39, 0.29) is 5.82 Å². The first-order valence-electron chi connectivity index (χ1n) is 8.97. The van der Waals surface area contributed by atoms with Crippen molar-refractivity contribution in [2.75, 3.05) is 13.7 Å². The molecule has 2 aromatic heterocycles. The molecule has 1 aromatic carbocycles. The van der Waals surface area contributed by atoms with Gasteiger partial charge in [0.2, 0.25) is 0 Å². The largest absolute Gasteiger partial charge is 0.496 e. The van der Waals surface area contributed by atoms with Gasteiger partial charge >= 0.3 is 0 Å². The molecular weight excluding hydrogens is 510 g/mol. The summed E-state index contributed by atoms with van der Waals surface area (Å²) in [5.41, 5.74) is 1.98. The molecular formula is C20H23ClFIN2O2Si. The molecule has 4 nitrogen and oxygen atoms in total. The SMILES string of the molecule is COc1cccc(F)c1-c1c(I)c2cnc(Cl)cc2n1COCC[Si](C)(C)C. The highest BCUT2D eigenvalue weighted by atomic mass is 127. The van der Waals surface area contributed by atoms with Crippen LogP contribution in [0.5, 0.6) is 5.75 Å². The van der Waals surface area contributed by atoms with Crippen LogP contribution in [0.3, 0.4) is 0 Å². The van der Waals surface area contributed by atoms with Gasteiger partial charge in [-0.25, -0.2) is 9.37 Å². The predicted octanol–water partition coefficient (Wildman–Crippen LogP) is 6.42. The van der Waals surface area contributed by atoms with E-state index in [0.717, 1.165) is 20.5 Å². The molecule has 0 radical (unpaired) electrons. The molecule has 3 aromatic rings. The van der Waals surface area contributed by atoms with Gasteiger partial charge in [-0.2, -0.15) is 0 Å². The minimum absolute atomic E-state index is 0.303. The molecule has 8 heteroatoms. The lowest BCUT2D eigenvalue weighted by atomic mass is 10.1. The van der Waals surface area contributed by atoms with E-state index in [2.05, 4.69) is 47.2 Å². The Bertz CT molecular complexity index is 1000. The van der Waals surface area contributed by atoms with Gasteiger partial charge in [-0.05, 0) is 46.8 Å². The summed E-state index contributed by atoms with van der Waals surface area (Å²) >= 11 is 8.37. The average molecular weight is 533 g/mol. The number of nitrogens with zero attached hydrogens (tertiary/aromatic N) is 2. The Hall–Kier alpha value is -1.16. The number of ether oxygens (including phenoxy) is 2. The zero-order valence-corrected chi connectivity index (χ0v) is 20.3. The van der Waals surface area contributed by atoms with E-state index in [1.165, 1.54) is 6.07 Å². The summed E-state index contributed by atoms with van der Waals surface area (Å²) in [5.74, 6) is 0.130. The minimum atomic E-state index is -1.20. The van der Waals surface area contributed by atoms with E-state index in [1.807, 2.05) is 4.57 Å². The van der Waals surface area contributed by atoms with E-state index in [0.29, 0.717) is 35.5 Å². The molecule has 0 amide bonds. The third-order valence-corrected chi connectivity index (χ3v) is 7.51. The molecule has 0 fully saturated rings. The summed E-state index contributed by atoms with van der Waals surface area (Å²) in [5, 5.41) is 1.29. The molecule has 0 bridgehead atoms. The van der Waals surface area contributed by atoms with E-state index in [9.17, 15) is 4.39 Å². The molecule has 2 heterocycles. The summed E-state index contributed by atoms with van der Waals surface area (Å²) in [6.45, 7) is 7.90. The van der Waals surface area contributed by atoms with Crippen LogP contribution in [0.4, 0.5) is 4.39 Å². The van der Waals surface area contributed by atoms with Crippen molar-refractivity contribution in [1.29, 1.82) is 0 Å². The number of halogens is 3. The van der Waals surface area contributed by atoms with Crippen LogP contribution in [0.15, 0.2) is 30.5 Å². The highest BCUT2D eigenvalue weighted by molar-refractivity contribution is 14.1. The number of hydrogen-bond donors (Lipinski definition) is 0. The number of fused-ring (bicyclic) bond motifs is 1. The third-order valence-electron chi connectivity index (χ3n) is 4.50. The molecule has 0 spiro atoms. The van der Waals surface area contributed by atoms with Gasteiger partial charge in [-0.1, -0.05) is 37.3 Å². The number of benzene rings is 1. The highest BCUT2D eigenvalue weighted by Crippen LogP contribution is 2.40. The maximum Gasteiger partial charge on any atom is 0.136 e. The van der Waals surface area contributed by atoms with Gasteiger partial charge in [0.15, 0.2) is 0 Å². The second-order valence-electron chi connectivity index (χ2n) is 7.78. The fourth-order valence-corrected chi connectivity index (χ4v) is 4.88. The number of aromatic nitrogens is 2. The standard InChI is InChI=1S/C20H23ClFIN2O2Si/c1-26-16-7-5-6-14(22)18(16)20-19(23)13-11-24-17(21)10-15(13)25(20)12-27-8-9-28(2,3)4/h5-7,10-11H,8-9,12H2,1-4H3. The quantitative estimate of drug-likeness (QED) is 0.152. The number of methoxy groups -OCH3 is 1. The van der Waals surface area contributed by atoms with Crippen LogP contribution >= 0.6 is 34.2 Å². The predicted molar refractivity (Wildman–Crippen MR) is 124 cm³/mol. The topological polar surface area (TPSA) is 36.3 Å². The van der Waals surface area contributed by atoms with Crippen LogP contribution in [0.1, 0.15) is 0 Å². The van der Waals surface area contributed by atoms with Gasteiger partial charge in [-0.3, -0.25) is 0 Å². The molecule has 0 saturated carbocycles. The van der Waals surface area contributed by atoms with E-state index in [4.69, 9.17) is 21.1 Å². The molecule has 28 heavy (non-hydrogen) atoms. The fraction of sp³-hybridized carbons (Fsp3) is 0.350. The van der Waals surface area contributed by atoms with Crippen LogP contribution in [-0.2, 0) is 11.5 Å². The Labute approximate surface area is 184 Å². The second-order valence-corrected chi connectivity index (χ2v) is 14.9. The fourth-order valence-electron chi connectivity index (χ4n) is 3.00. The van der Waals surface area contributed by atoms with Gasteiger partial charge in [-0.15, -0.1) is 0 Å². The first-order chi connectivity index (χ1) is 13.2. The lowest BCUT2D eigenvalue weighted by molar-refractivity contribution is 0.0911. The lowest BCUT2D eigenvalue weighted by Crippen LogP contribution is -2.22. The van der Waals surface area contributed by atoms with Crippen molar-refractivity contribution in [2.24, 2.45) is 0 Å². The molecule has 0 atom stereocenters. The molecule has 150 valence electrons. The molecule has 0 N–H and O–H groups in total. The van der Waals surface area contributed by atoms with Gasteiger partial charge < -0.3 is 14.0 Å². The van der Waals surface area contributed by atoms with E-state index < -0.39 is 8.07 Å². The first kappa shape index (κ1) is 21.5. The maximum atomic E-state index is 14.9. The van der Waals surface area contributed by atoms with Gasteiger partial charge in [0, 0.05) is 29.8 Å². The third kappa shape index (κ3) is 4.53. The summed E-state index contributed by atoms with van der Waals surface area (Å²) in [6.07, 6.45) is 1.72. The molecule has 3 rings (SSSR count). The number of rotatable bonds is 7. The Balaban J connectivity index is 2.13.